The number of pyridine rings is 1. The lowest BCUT2D eigenvalue weighted by molar-refractivity contribution is -0.149. The Morgan fingerprint density at radius 1 is 1.23 bits per heavy atom. The monoisotopic (exact) mass is 535 g/mol. The van der Waals surface area contributed by atoms with Gasteiger partial charge in [-0.05, 0) is 62.3 Å². The number of nitrogens with zero attached hydrogens (tertiary/aromatic N) is 2. The van der Waals surface area contributed by atoms with Crippen LogP contribution in [0.5, 0.6) is 5.88 Å². The molecule has 0 unspecified atom stereocenters. The van der Waals surface area contributed by atoms with Crippen LogP contribution in [0.25, 0.3) is 16.8 Å². The molecule has 4 bridgehead atoms. The largest absolute Gasteiger partial charge is 0.480 e. The SMILES string of the molecule is CC(C)=CC(=O)CC[C@@H]1NC(=O)OCCCC=Cc2ccc3ccnc(c3c2)O[C@@H]2C[C@@H](C(=O)O)N(C2)C1=O. The van der Waals surface area contributed by atoms with Crippen LogP contribution >= 0.6 is 0 Å². The van der Waals surface area contributed by atoms with E-state index in [1.165, 1.54) is 11.0 Å². The van der Waals surface area contributed by atoms with E-state index >= 15 is 0 Å². The number of ether oxygens (including phenoxy) is 2. The number of benzene rings is 1. The number of carboxylic acid groups (broad SMARTS) is 1. The van der Waals surface area contributed by atoms with E-state index in [-0.39, 0.29) is 38.2 Å². The van der Waals surface area contributed by atoms with Gasteiger partial charge in [-0.1, -0.05) is 29.9 Å². The van der Waals surface area contributed by atoms with E-state index in [0.29, 0.717) is 18.7 Å². The zero-order chi connectivity index (χ0) is 27.9. The second kappa shape index (κ2) is 12.6. The first kappa shape index (κ1) is 27.8. The number of alkyl carbamates (subject to hydrolysis) is 1. The number of nitrogens with one attached hydrogen (secondary N) is 1. The number of rotatable bonds is 5. The van der Waals surface area contributed by atoms with Gasteiger partial charge in [-0.3, -0.25) is 9.59 Å². The third-order valence-corrected chi connectivity index (χ3v) is 6.64. The molecule has 39 heavy (non-hydrogen) atoms. The van der Waals surface area contributed by atoms with Gasteiger partial charge in [0.2, 0.25) is 11.8 Å². The zero-order valence-electron chi connectivity index (χ0n) is 22.1. The van der Waals surface area contributed by atoms with Crippen molar-refractivity contribution < 1.29 is 33.8 Å². The first-order valence-electron chi connectivity index (χ1n) is 13.1. The molecule has 3 heterocycles. The van der Waals surface area contributed by atoms with Crippen molar-refractivity contribution >= 4 is 40.6 Å². The number of aliphatic carboxylic acids is 1. The fraction of sp³-hybridized carbons (Fsp3) is 0.414. The third-order valence-electron chi connectivity index (χ3n) is 6.64. The highest BCUT2D eigenvalue weighted by Crippen LogP contribution is 2.29. The maximum Gasteiger partial charge on any atom is 0.407 e. The molecule has 0 radical (unpaired) electrons. The lowest BCUT2D eigenvalue weighted by Crippen LogP contribution is -2.52. The summed E-state index contributed by atoms with van der Waals surface area (Å²) in [6.45, 7) is 3.70. The molecule has 0 aliphatic carbocycles. The van der Waals surface area contributed by atoms with Crippen molar-refractivity contribution in [2.24, 2.45) is 0 Å². The van der Waals surface area contributed by atoms with Crippen molar-refractivity contribution in [1.29, 1.82) is 0 Å². The number of fused-ring (bicyclic) bond motifs is 3. The highest BCUT2D eigenvalue weighted by atomic mass is 16.5. The number of carbonyl (C=O) groups is 4. The summed E-state index contributed by atoms with van der Waals surface area (Å²) in [5.41, 5.74) is 1.76. The Bertz CT molecular complexity index is 1320. The van der Waals surface area contributed by atoms with E-state index < -0.39 is 36.2 Å². The molecule has 1 aromatic carbocycles. The maximum atomic E-state index is 13.6. The van der Waals surface area contributed by atoms with Gasteiger partial charge in [-0.2, -0.15) is 0 Å². The molecule has 2 aromatic rings. The molecule has 10 nitrogen and oxygen atoms in total. The smallest absolute Gasteiger partial charge is 0.407 e. The molecule has 206 valence electrons. The molecule has 1 fully saturated rings. The van der Waals surface area contributed by atoms with E-state index in [2.05, 4.69) is 10.3 Å². The number of hydrogen-bond acceptors (Lipinski definition) is 7. The summed E-state index contributed by atoms with van der Waals surface area (Å²) in [4.78, 5) is 56.2. The van der Waals surface area contributed by atoms with Crippen LogP contribution in [-0.4, -0.2) is 70.1 Å². The Labute approximate surface area is 226 Å². The summed E-state index contributed by atoms with van der Waals surface area (Å²) >= 11 is 0. The first-order valence-corrected chi connectivity index (χ1v) is 13.1. The Hall–Kier alpha value is -4.21. The average Bonchev–Trinajstić information content (AvgIpc) is 3.31. The standard InChI is InChI=1S/C29H33N3O7/c1-18(2)14-21(33)9-10-24-27(34)32-17-22(16-25(32)28(35)36)39-26-23-15-19(7-8-20(23)11-12-30-26)6-4-3-5-13-38-29(37)31-24/h4,6-8,11-12,14-15,22,24-25H,3,5,9-10,13,16-17H2,1-2H3,(H,31,37)(H,35,36)/t22-,24+,25+/m1/s1. The van der Waals surface area contributed by atoms with Crippen molar-refractivity contribution in [3.05, 3.63) is 53.8 Å². The Morgan fingerprint density at radius 2 is 2.05 bits per heavy atom. The summed E-state index contributed by atoms with van der Waals surface area (Å²) in [7, 11) is 0. The van der Waals surface area contributed by atoms with Gasteiger partial charge < -0.3 is 24.8 Å². The number of carboxylic acids is 1. The minimum Gasteiger partial charge on any atom is -0.480 e. The van der Waals surface area contributed by atoms with E-state index in [9.17, 15) is 24.3 Å². The minimum absolute atomic E-state index is 0.000423. The van der Waals surface area contributed by atoms with Crippen LogP contribution in [0.15, 0.2) is 48.2 Å². The summed E-state index contributed by atoms with van der Waals surface area (Å²) in [5.74, 6) is -1.62. The van der Waals surface area contributed by atoms with Crippen LogP contribution in [0, 0.1) is 0 Å². The van der Waals surface area contributed by atoms with Gasteiger partial charge >= 0.3 is 12.1 Å². The van der Waals surface area contributed by atoms with Gasteiger partial charge in [0.15, 0.2) is 5.78 Å². The van der Waals surface area contributed by atoms with Crippen LogP contribution in [0.1, 0.15) is 51.5 Å². The number of allylic oxidation sites excluding steroid dienone is 3. The van der Waals surface area contributed by atoms with Gasteiger partial charge in [0.05, 0.1) is 13.2 Å². The van der Waals surface area contributed by atoms with Crippen molar-refractivity contribution in [2.75, 3.05) is 13.2 Å². The number of cyclic esters (lactones) is 1. The van der Waals surface area contributed by atoms with Gasteiger partial charge in [0.1, 0.15) is 18.2 Å². The molecule has 10 heteroatoms. The minimum atomic E-state index is -1.18. The third kappa shape index (κ3) is 7.22. The van der Waals surface area contributed by atoms with E-state index in [0.717, 1.165) is 21.9 Å². The molecule has 2 N–H and O–H groups in total. The molecule has 2 aliphatic heterocycles. The first-order chi connectivity index (χ1) is 18.7. The predicted octanol–water partition coefficient (Wildman–Crippen LogP) is 3.89. The van der Waals surface area contributed by atoms with E-state index in [1.54, 1.807) is 20.0 Å². The Morgan fingerprint density at radius 3 is 2.82 bits per heavy atom. The molecule has 2 amide bonds. The van der Waals surface area contributed by atoms with Crippen molar-refractivity contribution in [2.45, 2.75) is 64.1 Å². The molecule has 0 spiro atoms. The molecule has 0 saturated carbocycles. The fourth-order valence-electron chi connectivity index (χ4n) is 4.78. The highest BCUT2D eigenvalue weighted by Gasteiger charge is 2.43. The zero-order valence-corrected chi connectivity index (χ0v) is 22.1. The molecule has 4 rings (SSSR count). The summed E-state index contributed by atoms with van der Waals surface area (Å²) in [6, 6.07) is 5.46. The van der Waals surface area contributed by atoms with E-state index in [1.807, 2.05) is 36.4 Å². The highest BCUT2D eigenvalue weighted by molar-refractivity contribution is 5.93. The normalized spacial score (nSPS) is 21.9. The molecule has 1 aromatic heterocycles. The van der Waals surface area contributed by atoms with Crippen LogP contribution in [0.2, 0.25) is 0 Å². The van der Waals surface area contributed by atoms with Gasteiger partial charge in [-0.25, -0.2) is 14.6 Å². The molecular weight excluding hydrogens is 502 g/mol. The topological polar surface area (TPSA) is 135 Å². The van der Waals surface area contributed by atoms with E-state index in [4.69, 9.17) is 9.47 Å². The lowest BCUT2D eigenvalue weighted by atomic mass is 10.1. The Kier molecular flexibility index (Phi) is 8.96. The molecule has 1 saturated heterocycles. The van der Waals surface area contributed by atoms with Crippen LogP contribution < -0.4 is 10.1 Å². The lowest BCUT2D eigenvalue weighted by Gasteiger charge is -2.27. The van der Waals surface area contributed by atoms with Crippen molar-refractivity contribution in [3.8, 4) is 5.88 Å². The second-order valence-corrected chi connectivity index (χ2v) is 10.0. The molecule has 2 aliphatic rings. The number of carbonyl (C=O) groups excluding carboxylic acids is 3. The van der Waals surface area contributed by atoms with Crippen LogP contribution in [-0.2, 0) is 19.1 Å². The Balaban J connectivity index is 1.64. The summed E-state index contributed by atoms with van der Waals surface area (Å²) < 4.78 is 11.4. The summed E-state index contributed by atoms with van der Waals surface area (Å²) in [6.07, 6.45) is 6.90. The molecular formula is C29H33N3O7. The maximum absolute atomic E-state index is 13.6. The summed E-state index contributed by atoms with van der Waals surface area (Å²) in [5, 5.41) is 14.2. The fourth-order valence-corrected chi connectivity index (χ4v) is 4.78. The van der Waals surface area contributed by atoms with Crippen molar-refractivity contribution in [3.63, 3.8) is 0 Å². The van der Waals surface area contributed by atoms with Gasteiger partial charge in [-0.15, -0.1) is 0 Å². The van der Waals surface area contributed by atoms with Crippen molar-refractivity contribution in [1.82, 2.24) is 15.2 Å². The quantitative estimate of drug-likeness (QED) is 0.551. The predicted molar refractivity (Wildman–Crippen MR) is 144 cm³/mol. The second-order valence-electron chi connectivity index (χ2n) is 10.0. The number of aromatic nitrogens is 1. The number of hydrogen-bond donors (Lipinski definition) is 2. The molecule has 3 atom stereocenters. The van der Waals surface area contributed by atoms with Crippen LogP contribution in [0.4, 0.5) is 4.79 Å². The van der Waals surface area contributed by atoms with Crippen LogP contribution in [0.3, 0.4) is 0 Å². The van der Waals surface area contributed by atoms with Gasteiger partial charge in [0.25, 0.3) is 0 Å². The number of amides is 2. The average molecular weight is 536 g/mol. The number of ketones is 1. The van der Waals surface area contributed by atoms with Gasteiger partial charge in [0, 0.05) is 24.4 Å².